The lowest BCUT2D eigenvalue weighted by atomic mass is 10.3. The van der Waals surface area contributed by atoms with Gasteiger partial charge in [-0.2, -0.15) is 0 Å². The molecule has 1 aromatic rings. The van der Waals surface area contributed by atoms with E-state index in [0.717, 1.165) is 0 Å². The zero-order valence-electron chi connectivity index (χ0n) is 8.01. The topological polar surface area (TPSA) is 60.2 Å². The van der Waals surface area contributed by atoms with Crippen LogP contribution in [0.15, 0.2) is 40.6 Å². The summed E-state index contributed by atoms with van der Waals surface area (Å²) in [6, 6.07) is 8.94. The summed E-state index contributed by atoms with van der Waals surface area (Å²) in [4.78, 5) is 20.5. The van der Waals surface area contributed by atoms with E-state index < -0.39 is 5.97 Å². The van der Waals surface area contributed by atoms with Gasteiger partial charge in [0.25, 0.3) is 0 Å². The van der Waals surface area contributed by atoms with Gasteiger partial charge < -0.3 is 9.68 Å². The van der Waals surface area contributed by atoms with Crippen molar-refractivity contribution in [2.75, 3.05) is 0 Å². The third kappa shape index (κ3) is 2.01. The molecule has 5 heteroatoms. The first-order chi connectivity index (χ1) is 7.27. The molecule has 0 N–H and O–H groups in total. The molecule has 0 amide bonds. The van der Waals surface area contributed by atoms with Gasteiger partial charge in [-0.3, -0.25) is 0 Å². The minimum absolute atomic E-state index is 0.0962. The fourth-order valence-corrected chi connectivity index (χ4v) is 1.03. The van der Waals surface area contributed by atoms with Gasteiger partial charge >= 0.3 is 5.97 Å². The maximum Gasteiger partial charge on any atom is 0.389 e. The molecule has 5 nitrogen and oxygen atoms in total. The van der Waals surface area contributed by atoms with E-state index in [0.29, 0.717) is 11.5 Å². The minimum atomic E-state index is -0.594. The molecule has 0 aliphatic carbocycles. The monoisotopic (exact) mass is 204 g/mol. The van der Waals surface area contributed by atoms with E-state index in [2.05, 4.69) is 15.1 Å². The van der Waals surface area contributed by atoms with E-state index in [1.54, 1.807) is 19.1 Å². The summed E-state index contributed by atoms with van der Waals surface area (Å²) < 4.78 is 0. The molecule has 76 valence electrons. The van der Waals surface area contributed by atoms with Crippen LogP contribution >= 0.6 is 0 Å². The van der Waals surface area contributed by atoms with Gasteiger partial charge in [0.05, 0.1) is 0 Å². The lowest BCUT2D eigenvalue weighted by Crippen LogP contribution is -2.16. The van der Waals surface area contributed by atoms with Gasteiger partial charge in [0.1, 0.15) is 5.71 Å². The summed E-state index contributed by atoms with van der Waals surface area (Å²) in [6.45, 7) is 1.62. The number of oxime groups is 2. The number of carbonyl (C=O) groups excluding carboxylic acids is 1. The Hall–Kier alpha value is -2.17. The Morgan fingerprint density at radius 1 is 1.33 bits per heavy atom. The summed E-state index contributed by atoms with van der Waals surface area (Å²) >= 11 is 0. The third-order valence-corrected chi connectivity index (χ3v) is 1.79. The summed E-state index contributed by atoms with van der Waals surface area (Å²) in [6.07, 6.45) is 0. The molecule has 2 rings (SSSR count). The van der Waals surface area contributed by atoms with Crippen LogP contribution in [0.2, 0.25) is 0 Å². The van der Waals surface area contributed by atoms with Crippen LogP contribution in [-0.2, 0) is 9.63 Å². The predicted molar refractivity (Wildman–Crippen MR) is 53.7 cm³/mol. The summed E-state index contributed by atoms with van der Waals surface area (Å²) in [5.41, 5.74) is 0.509. The Morgan fingerprint density at radius 3 is 2.67 bits per heavy atom. The second-order valence-electron chi connectivity index (χ2n) is 2.90. The second kappa shape index (κ2) is 3.91. The maximum atomic E-state index is 11.1. The average Bonchev–Trinajstić information content (AvgIpc) is 2.58. The predicted octanol–water partition coefficient (Wildman–Crippen LogP) is 1.35. The van der Waals surface area contributed by atoms with Crippen molar-refractivity contribution in [2.24, 2.45) is 10.3 Å². The highest BCUT2D eigenvalue weighted by Crippen LogP contribution is 2.09. The van der Waals surface area contributed by atoms with E-state index in [9.17, 15) is 4.79 Å². The zero-order chi connectivity index (χ0) is 10.7. The molecule has 0 saturated heterocycles. The Labute approximate surface area is 86.0 Å². The molecule has 0 fully saturated rings. The van der Waals surface area contributed by atoms with E-state index in [1.807, 2.05) is 18.2 Å². The zero-order valence-corrected chi connectivity index (χ0v) is 8.01. The molecule has 1 aromatic carbocycles. The van der Waals surface area contributed by atoms with Gasteiger partial charge in [-0.15, -0.1) is 0 Å². The van der Waals surface area contributed by atoms with Crippen molar-refractivity contribution >= 4 is 17.4 Å². The van der Waals surface area contributed by atoms with Crippen molar-refractivity contribution in [2.45, 2.75) is 6.92 Å². The van der Waals surface area contributed by atoms with Crippen LogP contribution in [0.25, 0.3) is 0 Å². The summed E-state index contributed by atoms with van der Waals surface area (Å²) in [7, 11) is 0. The van der Waals surface area contributed by atoms with E-state index in [4.69, 9.17) is 4.84 Å². The average molecular weight is 204 g/mol. The normalized spacial score (nSPS) is 17.5. The van der Waals surface area contributed by atoms with Gasteiger partial charge in [0, 0.05) is 0 Å². The molecule has 0 aromatic heterocycles. The molecule has 0 radical (unpaired) electrons. The van der Waals surface area contributed by atoms with Gasteiger partial charge in [-0.1, -0.05) is 28.5 Å². The Morgan fingerprint density at radius 2 is 2.07 bits per heavy atom. The van der Waals surface area contributed by atoms with Gasteiger partial charge in [0.2, 0.25) is 5.71 Å². The quantitative estimate of drug-likeness (QED) is 0.539. The van der Waals surface area contributed by atoms with E-state index >= 15 is 0 Å². The van der Waals surface area contributed by atoms with Crippen LogP contribution in [0.4, 0.5) is 0 Å². The molecule has 0 spiro atoms. The SMILES string of the molecule is CC1=NOC(=O)/C1=N\Oc1ccccc1. The molecule has 15 heavy (non-hydrogen) atoms. The Balaban J connectivity index is 2.12. The van der Waals surface area contributed by atoms with Crippen LogP contribution < -0.4 is 4.84 Å². The lowest BCUT2D eigenvalue weighted by Gasteiger charge is -1.97. The number of hydrogen-bond donors (Lipinski definition) is 0. The Kier molecular flexibility index (Phi) is 2.45. The Bertz CT molecular complexity index is 437. The first-order valence-corrected chi connectivity index (χ1v) is 4.34. The van der Waals surface area contributed by atoms with Crippen molar-refractivity contribution in [1.29, 1.82) is 0 Å². The molecular weight excluding hydrogens is 196 g/mol. The molecular formula is C10H8N2O3. The van der Waals surface area contributed by atoms with Crippen LogP contribution in [0.1, 0.15) is 6.92 Å². The van der Waals surface area contributed by atoms with Crippen LogP contribution in [0, 0.1) is 0 Å². The molecule has 0 atom stereocenters. The molecule has 1 heterocycles. The number of carbonyl (C=O) groups is 1. The minimum Gasteiger partial charge on any atom is -0.356 e. The van der Waals surface area contributed by atoms with Crippen molar-refractivity contribution < 1.29 is 14.5 Å². The second-order valence-corrected chi connectivity index (χ2v) is 2.90. The van der Waals surface area contributed by atoms with Gasteiger partial charge in [-0.05, 0) is 19.1 Å². The largest absolute Gasteiger partial charge is 0.389 e. The standard InChI is InChI=1S/C10H8N2O3/c1-7-9(10(13)15-11-7)12-14-8-5-3-2-4-6-8/h2-6H,1H3/b12-9-. The smallest absolute Gasteiger partial charge is 0.356 e. The number of rotatable bonds is 2. The number of para-hydroxylation sites is 1. The number of nitrogens with zero attached hydrogens (tertiary/aromatic N) is 2. The van der Waals surface area contributed by atoms with Gasteiger partial charge in [0.15, 0.2) is 5.75 Å². The highest BCUT2D eigenvalue weighted by Gasteiger charge is 2.25. The highest BCUT2D eigenvalue weighted by molar-refractivity contribution is 6.66. The van der Waals surface area contributed by atoms with Gasteiger partial charge in [-0.25, -0.2) is 4.79 Å². The number of hydrogen-bond acceptors (Lipinski definition) is 5. The van der Waals surface area contributed by atoms with Crippen LogP contribution in [-0.4, -0.2) is 17.4 Å². The maximum absolute atomic E-state index is 11.1. The van der Waals surface area contributed by atoms with Crippen molar-refractivity contribution in [3.63, 3.8) is 0 Å². The molecule has 1 aliphatic rings. The van der Waals surface area contributed by atoms with E-state index in [1.165, 1.54) is 0 Å². The molecule has 0 bridgehead atoms. The molecule has 1 aliphatic heterocycles. The van der Waals surface area contributed by atoms with Crippen molar-refractivity contribution in [1.82, 2.24) is 0 Å². The molecule has 0 saturated carbocycles. The summed E-state index contributed by atoms with van der Waals surface area (Å²) in [5, 5.41) is 7.13. The fourth-order valence-electron chi connectivity index (χ4n) is 1.03. The number of benzene rings is 1. The fraction of sp³-hybridized carbons (Fsp3) is 0.100. The molecule has 0 unspecified atom stereocenters. The van der Waals surface area contributed by atoms with Crippen molar-refractivity contribution in [3.8, 4) is 5.75 Å². The first-order valence-electron chi connectivity index (χ1n) is 4.34. The van der Waals surface area contributed by atoms with E-state index in [-0.39, 0.29) is 5.71 Å². The highest BCUT2D eigenvalue weighted by atomic mass is 16.7. The van der Waals surface area contributed by atoms with Crippen molar-refractivity contribution in [3.05, 3.63) is 30.3 Å². The lowest BCUT2D eigenvalue weighted by molar-refractivity contribution is -0.134. The van der Waals surface area contributed by atoms with Crippen LogP contribution in [0.5, 0.6) is 5.75 Å². The third-order valence-electron chi connectivity index (χ3n) is 1.79. The first kappa shape index (κ1) is 9.39. The van der Waals surface area contributed by atoms with Crippen LogP contribution in [0.3, 0.4) is 0 Å². The summed E-state index contributed by atoms with van der Waals surface area (Å²) in [5.74, 6) is -0.0408.